The van der Waals surface area contributed by atoms with Crippen LogP contribution in [0.2, 0.25) is 0 Å². The molecule has 0 saturated carbocycles. The van der Waals surface area contributed by atoms with E-state index in [0.717, 1.165) is 29.8 Å². The summed E-state index contributed by atoms with van der Waals surface area (Å²) in [5, 5.41) is 11.0. The van der Waals surface area contributed by atoms with Gasteiger partial charge in [-0.3, -0.25) is 0 Å². The molecule has 23 heavy (non-hydrogen) atoms. The quantitative estimate of drug-likeness (QED) is 0.774. The third-order valence-electron chi connectivity index (χ3n) is 3.94. The molecule has 0 atom stereocenters. The Morgan fingerprint density at radius 3 is 3.22 bits per heavy atom. The van der Waals surface area contributed by atoms with Gasteiger partial charge >= 0.3 is 6.03 Å². The number of hydrogen-bond acceptors (Lipinski definition) is 4. The number of aryl methyl sites for hydroxylation is 2. The zero-order valence-electron chi connectivity index (χ0n) is 12.6. The summed E-state index contributed by atoms with van der Waals surface area (Å²) >= 11 is 1.78. The molecule has 3 aromatic heterocycles. The van der Waals surface area contributed by atoms with Crippen LogP contribution in [0.3, 0.4) is 0 Å². The number of pyridine rings is 1. The maximum Gasteiger partial charge on any atom is 0.319 e. The molecule has 7 heteroatoms. The van der Waals surface area contributed by atoms with Crippen LogP contribution in [0.15, 0.2) is 30.6 Å². The molecule has 0 spiro atoms. The highest BCUT2D eigenvalue weighted by atomic mass is 32.1. The monoisotopic (exact) mass is 327 g/mol. The first kappa shape index (κ1) is 14.2. The topological polar surface area (TPSA) is 71.3 Å². The largest absolute Gasteiger partial charge is 0.337 e. The van der Waals surface area contributed by atoms with Gasteiger partial charge in [-0.1, -0.05) is 6.07 Å². The van der Waals surface area contributed by atoms with Crippen molar-refractivity contribution in [3.05, 3.63) is 46.2 Å². The highest BCUT2D eigenvalue weighted by Crippen LogP contribution is 2.27. The Labute approximate surface area is 137 Å². The van der Waals surface area contributed by atoms with Crippen molar-refractivity contribution in [1.29, 1.82) is 0 Å². The van der Waals surface area contributed by atoms with Crippen LogP contribution in [-0.4, -0.2) is 27.2 Å². The number of carbonyl (C=O) groups excluding carboxylic acids is 1. The molecule has 2 amide bonds. The summed E-state index contributed by atoms with van der Waals surface area (Å²) in [6.45, 7) is 0.581. The van der Waals surface area contributed by atoms with Crippen molar-refractivity contribution in [3.8, 4) is 0 Å². The van der Waals surface area contributed by atoms with Crippen LogP contribution < -0.4 is 10.6 Å². The minimum absolute atomic E-state index is 0.215. The van der Waals surface area contributed by atoms with E-state index in [1.807, 2.05) is 24.4 Å². The maximum absolute atomic E-state index is 12.0. The van der Waals surface area contributed by atoms with Crippen molar-refractivity contribution in [3.63, 3.8) is 0 Å². The Kier molecular flexibility index (Phi) is 3.70. The van der Waals surface area contributed by atoms with Gasteiger partial charge in [0.1, 0.15) is 0 Å². The second-order valence-electron chi connectivity index (χ2n) is 5.55. The predicted octanol–water partition coefficient (Wildman–Crippen LogP) is 2.64. The Hall–Kier alpha value is -2.41. The average molecular weight is 327 g/mol. The molecule has 3 heterocycles. The van der Waals surface area contributed by atoms with Crippen molar-refractivity contribution in [2.24, 2.45) is 0 Å². The van der Waals surface area contributed by atoms with E-state index in [4.69, 9.17) is 0 Å². The van der Waals surface area contributed by atoms with E-state index in [-0.39, 0.29) is 6.03 Å². The zero-order valence-corrected chi connectivity index (χ0v) is 13.4. The molecule has 0 aliphatic heterocycles. The lowest BCUT2D eigenvalue weighted by Crippen LogP contribution is -2.30. The van der Waals surface area contributed by atoms with Gasteiger partial charge in [0.15, 0.2) is 0 Å². The van der Waals surface area contributed by atoms with E-state index in [1.54, 1.807) is 22.0 Å². The lowest BCUT2D eigenvalue weighted by Gasteiger charge is -2.05. The van der Waals surface area contributed by atoms with Crippen molar-refractivity contribution in [1.82, 2.24) is 19.9 Å². The molecular formula is C16H17N5OS. The van der Waals surface area contributed by atoms with Crippen LogP contribution in [0.1, 0.15) is 22.0 Å². The molecule has 2 N–H and O–H groups in total. The summed E-state index contributed by atoms with van der Waals surface area (Å²) in [7, 11) is 0. The molecule has 0 unspecified atom stereocenters. The van der Waals surface area contributed by atoms with Gasteiger partial charge in [-0.15, -0.1) is 11.3 Å². The van der Waals surface area contributed by atoms with Crippen molar-refractivity contribution in [2.45, 2.75) is 25.7 Å². The molecule has 4 rings (SSSR count). The fraction of sp³-hybridized carbons (Fsp3) is 0.312. The summed E-state index contributed by atoms with van der Waals surface area (Å²) in [6, 6.07) is 5.52. The highest BCUT2D eigenvalue weighted by molar-refractivity contribution is 7.11. The highest BCUT2D eigenvalue weighted by Gasteiger charge is 2.16. The van der Waals surface area contributed by atoms with Crippen LogP contribution in [0.25, 0.3) is 5.52 Å². The average Bonchev–Trinajstić information content (AvgIpc) is 3.22. The third-order valence-corrected chi connectivity index (χ3v) is 5.16. The molecule has 3 aromatic rings. The molecule has 0 fully saturated rings. The molecule has 6 nitrogen and oxygen atoms in total. The summed E-state index contributed by atoms with van der Waals surface area (Å²) in [5.41, 5.74) is 2.84. The van der Waals surface area contributed by atoms with Gasteiger partial charge in [0.05, 0.1) is 28.1 Å². The summed E-state index contributed by atoms with van der Waals surface area (Å²) in [4.78, 5) is 18.1. The number of fused-ring (bicyclic) bond motifs is 2. The summed E-state index contributed by atoms with van der Waals surface area (Å²) in [6.07, 6.45) is 7.78. The molecule has 118 valence electrons. The Bertz CT molecular complexity index is 832. The van der Waals surface area contributed by atoms with Gasteiger partial charge in [-0.25, -0.2) is 14.3 Å². The number of anilines is 1. The predicted molar refractivity (Wildman–Crippen MR) is 90.1 cm³/mol. The standard InChI is InChI=1S/C16H17N5OS/c22-16(20-12-10-18-21-9-2-1-5-13(12)21)17-8-7-15-19-11-4-3-6-14(11)23-15/h1-2,5,9-10H,3-4,6-8H2,(H2,17,20,22). The van der Waals surface area contributed by atoms with Gasteiger partial charge < -0.3 is 10.6 Å². The van der Waals surface area contributed by atoms with Gasteiger partial charge in [0.25, 0.3) is 0 Å². The zero-order chi connectivity index (χ0) is 15.6. The molecule has 1 aliphatic rings. The van der Waals surface area contributed by atoms with Crippen molar-refractivity contribution < 1.29 is 4.79 Å². The smallest absolute Gasteiger partial charge is 0.319 e. The number of nitrogens with one attached hydrogen (secondary N) is 2. The van der Waals surface area contributed by atoms with Gasteiger partial charge in [-0.05, 0) is 31.4 Å². The van der Waals surface area contributed by atoms with Crippen LogP contribution >= 0.6 is 11.3 Å². The number of thiazole rings is 1. The van der Waals surface area contributed by atoms with Gasteiger partial charge in [-0.2, -0.15) is 5.10 Å². The van der Waals surface area contributed by atoms with E-state index >= 15 is 0 Å². The molecule has 0 radical (unpaired) electrons. The normalized spacial score (nSPS) is 13.2. The number of aromatic nitrogens is 3. The molecule has 1 aliphatic carbocycles. The minimum Gasteiger partial charge on any atom is -0.337 e. The van der Waals surface area contributed by atoms with Crippen LogP contribution in [0.4, 0.5) is 10.5 Å². The number of carbonyl (C=O) groups is 1. The van der Waals surface area contributed by atoms with Crippen LogP contribution in [0.5, 0.6) is 0 Å². The number of hydrogen-bond donors (Lipinski definition) is 2. The van der Waals surface area contributed by atoms with E-state index in [2.05, 4.69) is 20.7 Å². The first-order valence-corrected chi connectivity index (χ1v) is 8.56. The lowest BCUT2D eigenvalue weighted by molar-refractivity contribution is 0.252. The van der Waals surface area contributed by atoms with E-state index in [1.165, 1.54) is 17.0 Å². The SMILES string of the molecule is O=C(NCCc1nc2c(s1)CCC2)Nc1cnn2ccccc12. The van der Waals surface area contributed by atoms with E-state index in [0.29, 0.717) is 12.2 Å². The number of urea groups is 1. The molecule has 0 saturated heterocycles. The van der Waals surface area contributed by atoms with E-state index < -0.39 is 0 Å². The second kappa shape index (κ2) is 6.00. The first-order chi connectivity index (χ1) is 11.3. The number of rotatable bonds is 4. The van der Waals surface area contributed by atoms with Gasteiger partial charge in [0, 0.05) is 24.0 Å². The first-order valence-electron chi connectivity index (χ1n) is 7.74. The molecule has 0 bridgehead atoms. The van der Waals surface area contributed by atoms with Crippen molar-refractivity contribution in [2.75, 3.05) is 11.9 Å². The Morgan fingerprint density at radius 1 is 1.35 bits per heavy atom. The number of nitrogens with zero attached hydrogens (tertiary/aromatic N) is 3. The fourth-order valence-corrected chi connectivity index (χ4v) is 3.99. The van der Waals surface area contributed by atoms with Crippen LogP contribution in [0, 0.1) is 0 Å². The summed E-state index contributed by atoms with van der Waals surface area (Å²) < 4.78 is 1.73. The second-order valence-corrected chi connectivity index (χ2v) is 6.72. The number of amides is 2. The lowest BCUT2D eigenvalue weighted by atomic mass is 10.3. The Balaban J connectivity index is 1.31. The maximum atomic E-state index is 12.0. The summed E-state index contributed by atoms with van der Waals surface area (Å²) in [5.74, 6) is 0. The van der Waals surface area contributed by atoms with Crippen molar-refractivity contribution >= 4 is 28.6 Å². The molecule has 0 aromatic carbocycles. The van der Waals surface area contributed by atoms with Crippen LogP contribution in [-0.2, 0) is 19.3 Å². The Morgan fingerprint density at radius 2 is 2.30 bits per heavy atom. The van der Waals surface area contributed by atoms with E-state index in [9.17, 15) is 4.79 Å². The third kappa shape index (κ3) is 2.92. The molecular weight excluding hydrogens is 310 g/mol. The fourth-order valence-electron chi connectivity index (χ4n) is 2.83. The minimum atomic E-state index is -0.215. The van der Waals surface area contributed by atoms with Gasteiger partial charge in [0.2, 0.25) is 0 Å².